The molecule has 2 heterocycles. The molecule has 11 heteroatoms. The molecule has 0 spiro atoms. The van der Waals surface area contributed by atoms with Gasteiger partial charge >= 0.3 is 6.18 Å². The monoisotopic (exact) mass is 462 g/mol. The van der Waals surface area contributed by atoms with Crippen LogP contribution in [0, 0.1) is 29.5 Å². The molecule has 0 saturated heterocycles. The number of alkyl halides is 3. The zero-order valence-corrected chi connectivity index (χ0v) is 18.4. The number of nitrogens with one attached hydrogen (secondary N) is 1. The van der Waals surface area contributed by atoms with Crippen LogP contribution in [0.3, 0.4) is 0 Å². The fourth-order valence-corrected chi connectivity index (χ4v) is 2.74. The summed E-state index contributed by atoms with van der Waals surface area (Å²) in [6.45, 7) is 6.15. The number of aromatic nitrogens is 4. The molecule has 3 aromatic rings. The van der Waals surface area contributed by atoms with Crippen LogP contribution in [0.5, 0.6) is 5.75 Å². The van der Waals surface area contributed by atoms with Crippen LogP contribution in [0.4, 0.5) is 29.2 Å². The van der Waals surface area contributed by atoms with E-state index in [0.717, 1.165) is 11.6 Å². The minimum Gasteiger partial charge on any atom is -0.489 e. The van der Waals surface area contributed by atoms with E-state index in [1.165, 1.54) is 30.7 Å². The Bertz CT molecular complexity index is 1180. The Morgan fingerprint density at radius 3 is 2.61 bits per heavy atom. The highest BCUT2D eigenvalue weighted by Crippen LogP contribution is 2.31. The average molecular weight is 462 g/mol. The molecule has 2 aromatic heterocycles. The Morgan fingerprint density at radius 2 is 1.97 bits per heavy atom. The van der Waals surface area contributed by atoms with Gasteiger partial charge in [-0.25, -0.2) is 14.4 Å². The van der Waals surface area contributed by atoms with Gasteiger partial charge in [0.15, 0.2) is 11.6 Å². The molecular formula is C22H22F4N6O. The van der Waals surface area contributed by atoms with Gasteiger partial charge < -0.3 is 10.1 Å². The first-order valence-electron chi connectivity index (χ1n) is 9.95. The first-order valence-corrected chi connectivity index (χ1v) is 9.95. The molecule has 0 saturated carbocycles. The average Bonchev–Trinajstić information content (AvgIpc) is 3.21. The van der Waals surface area contributed by atoms with Crippen molar-refractivity contribution in [3.8, 4) is 23.1 Å². The molecule has 0 aliphatic rings. The van der Waals surface area contributed by atoms with Crippen molar-refractivity contribution in [1.82, 2.24) is 19.7 Å². The predicted molar refractivity (Wildman–Crippen MR) is 113 cm³/mol. The van der Waals surface area contributed by atoms with Crippen LogP contribution in [-0.2, 0) is 0 Å². The van der Waals surface area contributed by atoms with Crippen molar-refractivity contribution in [2.24, 2.45) is 5.41 Å². The molecule has 1 aromatic carbocycles. The number of benzene rings is 1. The Morgan fingerprint density at radius 1 is 1.24 bits per heavy atom. The third-order valence-corrected chi connectivity index (χ3v) is 4.80. The van der Waals surface area contributed by atoms with Gasteiger partial charge in [-0.3, -0.25) is 4.68 Å². The molecule has 7 nitrogen and oxygen atoms in total. The summed E-state index contributed by atoms with van der Waals surface area (Å²) in [5.74, 6) is -0.485. The second kappa shape index (κ2) is 9.05. The number of halogens is 4. The first kappa shape index (κ1) is 24.0. The van der Waals surface area contributed by atoms with Crippen LogP contribution in [0.15, 0.2) is 36.8 Å². The zero-order chi connectivity index (χ0) is 24.4. The fraction of sp³-hybridized carbons (Fsp3) is 0.364. The minimum atomic E-state index is -4.43. The van der Waals surface area contributed by atoms with Crippen LogP contribution in [-0.4, -0.2) is 32.5 Å². The molecule has 33 heavy (non-hydrogen) atoms. The van der Waals surface area contributed by atoms with Gasteiger partial charge in [0.1, 0.15) is 12.6 Å². The molecule has 174 valence electrons. The van der Waals surface area contributed by atoms with Crippen LogP contribution < -0.4 is 10.1 Å². The van der Waals surface area contributed by atoms with Gasteiger partial charge in [0, 0.05) is 18.0 Å². The van der Waals surface area contributed by atoms with Gasteiger partial charge in [-0.15, -0.1) is 0 Å². The Hall–Kier alpha value is -3.68. The lowest BCUT2D eigenvalue weighted by Gasteiger charge is -2.17. The quantitative estimate of drug-likeness (QED) is 0.461. The maximum absolute atomic E-state index is 14.6. The van der Waals surface area contributed by atoms with Crippen molar-refractivity contribution in [2.45, 2.75) is 39.9 Å². The summed E-state index contributed by atoms with van der Waals surface area (Å²) >= 11 is 0. The highest BCUT2D eigenvalue weighted by atomic mass is 19.4. The van der Waals surface area contributed by atoms with E-state index < -0.39 is 23.5 Å². The SMILES string of the molecule is Cc1cnc(Nc2cnn(C(C)C(F)(F)F)c2)nc1-c1ccc(OCC(C)(C)C#N)c(F)c1. The summed E-state index contributed by atoms with van der Waals surface area (Å²) in [4.78, 5) is 8.52. The molecule has 3 rings (SSSR count). The van der Waals surface area contributed by atoms with E-state index in [1.54, 1.807) is 26.8 Å². The zero-order valence-electron chi connectivity index (χ0n) is 18.4. The van der Waals surface area contributed by atoms with Crippen LogP contribution in [0.1, 0.15) is 32.4 Å². The highest BCUT2D eigenvalue weighted by Gasteiger charge is 2.38. The number of anilines is 2. The standard InChI is InChI=1S/C22H22F4N6O/c1-13-8-28-20(30-16-9-29-32(10-16)14(2)22(24,25)26)31-19(13)15-5-6-18(17(23)7-15)33-12-21(3,4)11-27/h5-10,14H,12H2,1-4H3,(H,28,30,31). The summed E-state index contributed by atoms with van der Waals surface area (Å²) in [6, 6.07) is 4.64. The lowest BCUT2D eigenvalue weighted by Crippen LogP contribution is -2.23. The van der Waals surface area contributed by atoms with E-state index in [1.807, 2.05) is 0 Å². The fourth-order valence-electron chi connectivity index (χ4n) is 2.74. The van der Waals surface area contributed by atoms with Crippen molar-refractivity contribution >= 4 is 11.6 Å². The normalized spacial score (nSPS) is 12.8. The summed E-state index contributed by atoms with van der Waals surface area (Å²) in [6.07, 6.45) is -0.471. The number of rotatable bonds is 7. The molecule has 0 amide bonds. The number of hydrogen-bond donors (Lipinski definition) is 1. The van der Waals surface area contributed by atoms with E-state index in [9.17, 15) is 17.6 Å². The molecule has 0 aliphatic heterocycles. The van der Waals surface area contributed by atoms with Crippen LogP contribution in [0.25, 0.3) is 11.3 Å². The maximum atomic E-state index is 14.6. The molecule has 1 atom stereocenters. The van der Waals surface area contributed by atoms with Crippen molar-refractivity contribution < 1.29 is 22.3 Å². The molecule has 0 radical (unpaired) electrons. The van der Waals surface area contributed by atoms with Crippen LogP contribution in [0.2, 0.25) is 0 Å². The highest BCUT2D eigenvalue weighted by molar-refractivity contribution is 5.65. The molecule has 0 aliphatic carbocycles. The third-order valence-electron chi connectivity index (χ3n) is 4.80. The van der Waals surface area contributed by atoms with E-state index >= 15 is 0 Å². The molecule has 0 bridgehead atoms. The summed E-state index contributed by atoms with van der Waals surface area (Å²) < 4.78 is 59.5. The minimum absolute atomic E-state index is 0.0123. The smallest absolute Gasteiger partial charge is 0.410 e. The van der Waals surface area contributed by atoms with Crippen molar-refractivity contribution in [3.05, 3.63) is 48.2 Å². The lowest BCUT2D eigenvalue weighted by atomic mass is 9.98. The van der Waals surface area contributed by atoms with Crippen molar-refractivity contribution in [2.75, 3.05) is 11.9 Å². The van der Waals surface area contributed by atoms with E-state index in [4.69, 9.17) is 10.00 Å². The maximum Gasteiger partial charge on any atom is 0.410 e. The van der Waals surface area contributed by atoms with Crippen molar-refractivity contribution in [3.63, 3.8) is 0 Å². The van der Waals surface area contributed by atoms with Gasteiger partial charge in [-0.1, -0.05) is 0 Å². The largest absolute Gasteiger partial charge is 0.489 e. The Balaban J connectivity index is 1.80. The van der Waals surface area contributed by atoms with Gasteiger partial charge in [0.05, 0.1) is 29.1 Å². The summed E-state index contributed by atoms with van der Waals surface area (Å²) in [7, 11) is 0. The second-order valence-corrected chi connectivity index (χ2v) is 8.21. The Labute approximate surface area is 188 Å². The van der Waals surface area contributed by atoms with E-state index in [0.29, 0.717) is 16.8 Å². The molecule has 1 unspecified atom stereocenters. The summed E-state index contributed by atoms with van der Waals surface area (Å²) in [5, 5.41) is 15.6. The third kappa shape index (κ3) is 5.77. The summed E-state index contributed by atoms with van der Waals surface area (Å²) in [5.41, 5.74) is 1.08. The number of ether oxygens (including phenoxy) is 1. The number of nitriles is 1. The van der Waals surface area contributed by atoms with Crippen LogP contribution >= 0.6 is 0 Å². The lowest BCUT2D eigenvalue weighted by molar-refractivity contribution is -0.165. The van der Waals surface area contributed by atoms with Gasteiger partial charge in [-0.05, 0) is 51.5 Å². The molecule has 1 N–H and O–H groups in total. The van der Waals surface area contributed by atoms with Gasteiger partial charge in [-0.2, -0.15) is 23.5 Å². The number of hydrogen-bond acceptors (Lipinski definition) is 6. The van der Waals surface area contributed by atoms with E-state index in [-0.39, 0.29) is 24.0 Å². The second-order valence-electron chi connectivity index (χ2n) is 8.21. The van der Waals surface area contributed by atoms with Crippen molar-refractivity contribution in [1.29, 1.82) is 5.26 Å². The molecule has 0 fully saturated rings. The number of aryl methyl sites for hydroxylation is 1. The Kier molecular flexibility index (Phi) is 6.58. The first-order chi connectivity index (χ1) is 15.4. The molecular weight excluding hydrogens is 440 g/mol. The topological polar surface area (TPSA) is 88.7 Å². The van der Waals surface area contributed by atoms with Gasteiger partial charge in [0.25, 0.3) is 0 Å². The number of nitrogens with zero attached hydrogens (tertiary/aromatic N) is 5. The predicted octanol–water partition coefficient (Wildman–Crippen LogP) is 5.58. The van der Waals surface area contributed by atoms with E-state index in [2.05, 4.69) is 26.5 Å². The van der Waals surface area contributed by atoms with Gasteiger partial charge in [0.2, 0.25) is 5.95 Å².